The van der Waals surface area contributed by atoms with Crippen molar-refractivity contribution in [3.63, 3.8) is 0 Å². The summed E-state index contributed by atoms with van der Waals surface area (Å²) >= 11 is 0. The molecule has 11 nitrogen and oxygen atoms in total. The van der Waals surface area contributed by atoms with E-state index in [0.717, 1.165) is 11.1 Å². The number of aryl methyl sites for hydroxylation is 1. The van der Waals surface area contributed by atoms with Gasteiger partial charge in [-0.25, -0.2) is 0 Å². The molecule has 2 aromatic carbocycles. The summed E-state index contributed by atoms with van der Waals surface area (Å²) in [5.41, 5.74) is 20.2. The van der Waals surface area contributed by atoms with Crippen molar-refractivity contribution in [1.29, 1.82) is 0 Å². The minimum absolute atomic E-state index is 0.0645. The van der Waals surface area contributed by atoms with Crippen molar-refractivity contribution >= 4 is 36.0 Å². The Morgan fingerprint density at radius 1 is 1.03 bits per heavy atom. The fourth-order valence-corrected chi connectivity index (χ4v) is 4.27. The zero-order valence-electron chi connectivity index (χ0n) is 21.5. The number of amides is 3. The summed E-state index contributed by atoms with van der Waals surface area (Å²) in [5.74, 6) is -1.11. The smallest absolute Gasteiger partial charge is 0.423 e. The van der Waals surface area contributed by atoms with Gasteiger partial charge in [-0.15, -0.1) is 0 Å². The molecule has 12 heteroatoms. The molecule has 0 aromatic heterocycles. The van der Waals surface area contributed by atoms with Crippen LogP contribution in [0.2, 0.25) is 0 Å². The van der Waals surface area contributed by atoms with Crippen LogP contribution in [-0.2, 0) is 32.1 Å². The predicted molar refractivity (Wildman–Crippen MR) is 146 cm³/mol. The fourth-order valence-electron chi connectivity index (χ4n) is 4.27. The van der Waals surface area contributed by atoms with Gasteiger partial charge < -0.3 is 42.4 Å². The van der Waals surface area contributed by atoms with Crippen molar-refractivity contribution in [2.45, 2.75) is 44.4 Å². The van der Waals surface area contributed by atoms with E-state index in [0.29, 0.717) is 56.8 Å². The molecule has 0 saturated carbocycles. The number of benzene rings is 2. The lowest BCUT2D eigenvalue weighted by molar-refractivity contribution is -0.132. The van der Waals surface area contributed by atoms with E-state index >= 15 is 0 Å². The fraction of sp³-hybridized carbons (Fsp3) is 0.423. The Balaban J connectivity index is 1.63. The number of fused-ring (bicyclic) bond motifs is 1. The van der Waals surface area contributed by atoms with Crippen LogP contribution in [-0.4, -0.2) is 73.0 Å². The third-order valence-corrected chi connectivity index (χ3v) is 6.43. The molecule has 0 radical (unpaired) electrons. The lowest BCUT2D eigenvalue weighted by atomic mass is 9.79. The number of nitrogens with two attached hydrogens (primary N) is 3. The second-order valence-corrected chi connectivity index (χ2v) is 9.25. The maximum atomic E-state index is 13.2. The van der Waals surface area contributed by atoms with E-state index in [1.165, 1.54) is 0 Å². The number of nitrogens with one attached hydrogen (secondary N) is 2. The molecule has 0 aliphatic carbocycles. The molecule has 1 aliphatic heterocycles. The normalized spacial score (nSPS) is 13.9. The van der Waals surface area contributed by atoms with Gasteiger partial charge in [0, 0.05) is 38.3 Å². The van der Waals surface area contributed by atoms with Gasteiger partial charge in [0.15, 0.2) is 0 Å². The van der Waals surface area contributed by atoms with Crippen LogP contribution in [0.3, 0.4) is 0 Å². The molecule has 2 unspecified atom stereocenters. The first-order valence-electron chi connectivity index (χ1n) is 12.8. The molecule has 9 N–H and O–H groups in total. The number of hydrogen-bond donors (Lipinski definition) is 6. The Labute approximate surface area is 223 Å². The highest BCUT2D eigenvalue weighted by atomic mass is 16.5. The average molecular weight is 524 g/mol. The maximum Gasteiger partial charge on any atom is 0.491 e. The average Bonchev–Trinajstić information content (AvgIpc) is 3.29. The van der Waals surface area contributed by atoms with Crippen molar-refractivity contribution in [3.05, 3.63) is 59.7 Å². The number of hydrogen-bond acceptors (Lipinski definition) is 8. The van der Waals surface area contributed by atoms with Gasteiger partial charge in [0.2, 0.25) is 17.7 Å². The van der Waals surface area contributed by atoms with Crippen molar-refractivity contribution in [2.24, 2.45) is 17.2 Å². The van der Waals surface area contributed by atoms with E-state index < -0.39 is 31.0 Å². The van der Waals surface area contributed by atoms with Crippen LogP contribution in [0, 0.1) is 0 Å². The minimum Gasteiger partial charge on any atom is -0.423 e. The van der Waals surface area contributed by atoms with Gasteiger partial charge in [0.1, 0.15) is 6.04 Å². The quantitative estimate of drug-likeness (QED) is 0.167. The van der Waals surface area contributed by atoms with E-state index in [1.54, 1.807) is 23.1 Å². The highest BCUT2D eigenvalue weighted by Gasteiger charge is 2.29. The molecule has 0 fully saturated rings. The largest absolute Gasteiger partial charge is 0.491 e. The number of rotatable bonds is 14. The monoisotopic (exact) mass is 524 g/mol. The molecule has 38 heavy (non-hydrogen) atoms. The van der Waals surface area contributed by atoms with E-state index in [2.05, 4.69) is 10.6 Å². The van der Waals surface area contributed by atoms with Crippen LogP contribution in [0.4, 0.5) is 5.69 Å². The van der Waals surface area contributed by atoms with Crippen molar-refractivity contribution in [2.75, 3.05) is 31.5 Å². The summed E-state index contributed by atoms with van der Waals surface area (Å²) in [5, 5.41) is 15.6. The van der Waals surface area contributed by atoms with Gasteiger partial charge in [0.05, 0.1) is 12.6 Å². The summed E-state index contributed by atoms with van der Waals surface area (Å²) in [4.78, 5) is 40.2. The second-order valence-electron chi connectivity index (χ2n) is 9.25. The lowest BCUT2D eigenvalue weighted by Gasteiger charge is -2.23. The SMILES string of the molecule is NCCN(CCN)C(=O)CCC(N)C(=O)NC(CCc1ccccc1)C(=O)Nc1ccc2c(c1)B(O)OC2. The zero-order chi connectivity index (χ0) is 27.5. The lowest BCUT2D eigenvalue weighted by Crippen LogP contribution is -2.50. The molecule has 204 valence electrons. The summed E-state index contributed by atoms with van der Waals surface area (Å²) in [6.45, 7) is 1.69. The maximum absolute atomic E-state index is 13.2. The van der Waals surface area contributed by atoms with Crippen LogP contribution >= 0.6 is 0 Å². The molecular formula is C26H37BN6O5. The number of carbonyl (C=O) groups excluding carboxylic acids is 3. The Bertz CT molecular complexity index is 1080. The zero-order valence-corrected chi connectivity index (χ0v) is 21.5. The summed E-state index contributed by atoms with van der Waals surface area (Å²) in [7, 11) is -1.04. The number of nitrogens with zero attached hydrogens (tertiary/aromatic N) is 1. The molecule has 3 rings (SSSR count). The first kappa shape index (κ1) is 29.3. The molecule has 2 atom stereocenters. The summed E-state index contributed by atoms with van der Waals surface area (Å²) in [6, 6.07) is 12.9. The topological polar surface area (TPSA) is 186 Å². The van der Waals surface area contributed by atoms with Gasteiger partial charge >= 0.3 is 7.12 Å². The Kier molecular flexibility index (Phi) is 11.2. The van der Waals surface area contributed by atoms with Crippen LogP contribution in [0.1, 0.15) is 30.4 Å². The third-order valence-electron chi connectivity index (χ3n) is 6.43. The highest BCUT2D eigenvalue weighted by Crippen LogP contribution is 2.16. The van der Waals surface area contributed by atoms with Crippen molar-refractivity contribution in [3.8, 4) is 0 Å². The molecule has 3 amide bonds. The summed E-state index contributed by atoms with van der Waals surface area (Å²) in [6.07, 6.45) is 1.07. The van der Waals surface area contributed by atoms with E-state index in [4.69, 9.17) is 21.9 Å². The molecule has 2 aromatic rings. The van der Waals surface area contributed by atoms with Gasteiger partial charge in [-0.1, -0.05) is 36.4 Å². The Morgan fingerprint density at radius 3 is 2.42 bits per heavy atom. The van der Waals surface area contributed by atoms with Gasteiger partial charge in [-0.3, -0.25) is 14.4 Å². The third kappa shape index (κ3) is 8.37. The number of anilines is 1. The van der Waals surface area contributed by atoms with Gasteiger partial charge in [-0.2, -0.15) is 0 Å². The van der Waals surface area contributed by atoms with E-state index in [-0.39, 0.29) is 18.7 Å². The van der Waals surface area contributed by atoms with Crippen molar-refractivity contribution in [1.82, 2.24) is 10.2 Å². The first-order chi connectivity index (χ1) is 18.3. The molecular weight excluding hydrogens is 487 g/mol. The first-order valence-corrected chi connectivity index (χ1v) is 12.8. The van der Waals surface area contributed by atoms with E-state index in [9.17, 15) is 19.4 Å². The molecule has 0 bridgehead atoms. The van der Waals surface area contributed by atoms with Crippen LogP contribution in [0.25, 0.3) is 0 Å². The summed E-state index contributed by atoms with van der Waals surface area (Å²) < 4.78 is 5.21. The standard InChI is InChI=1S/C26H37BN6O5/c28-12-14-33(15-13-29)24(34)11-9-22(30)25(35)32-23(10-6-18-4-2-1-3-5-18)26(36)31-20-8-7-19-17-38-27(37)21(19)16-20/h1-5,7-8,16,22-23,37H,6,9-15,17,28-30H2,(H,31,36)(H,32,35). The minimum atomic E-state index is -1.04. The molecule has 1 heterocycles. The molecule has 0 saturated heterocycles. The van der Waals surface area contributed by atoms with Crippen LogP contribution in [0.5, 0.6) is 0 Å². The van der Waals surface area contributed by atoms with Crippen LogP contribution in [0.15, 0.2) is 48.5 Å². The van der Waals surface area contributed by atoms with Crippen molar-refractivity contribution < 1.29 is 24.1 Å². The van der Waals surface area contributed by atoms with Gasteiger partial charge in [0.25, 0.3) is 0 Å². The van der Waals surface area contributed by atoms with Gasteiger partial charge in [-0.05, 0) is 48.0 Å². The second kappa shape index (κ2) is 14.6. The predicted octanol–water partition coefficient (Wildman–Crippen LogP) is -1.19. The number of carbonyl (C=O) groups is 3. The molecule has 0 spiro atoms. The van der Waals surface area contributed by atoms with Crippen LogP contribution < -0.4 is 33.3 Å². The Hall–Kier alpha value is -3.29. The molecule has 1 aliphatic rings. The van der Waals surface area contributed by atoms with E-state index in [1.807, 2.05) is 30.3 Å². The highest BCUT2D eigenvalue weighted by molar-refractivity contribution is 6.61. The Morgan fingerprint density at radius 2 is 1.74 bits per heavy atom.